The molecule has 0 spiro atoms. The molecule has 0 bridgehead atoms. The summed E-state index contributed by atoms with van der Waals surface area (Å²) in [5.74, 6) is -2.52. The van der Waals surface area contributed by atoms with Crippen LogP contribution in [0.1, 0.15) is 41.5 Å². The van der Waals surface area contributed by atoms with Gasteiger partial charge in [-0.15, -0.1) is 0 Å². The molecule has 9 nitrogen and oxygen atoms in total. The van der Waals surface area contributed by atoms with E-state index in [9.17, 15) is 22.8 Å². The summed E-state index contributed by atoms with van der Waals surface area (Å²) in [6.45, 7) is 11.0. The molecule has 0 fully saturated rings. The predicted octanol–water partition coefficient (Wildman–Crippen LogP) is -1.05. The van der Waals surface area contributed by atoms with E-state index >= 15 is 0 Å². The number of esters is 3. The van der Waals surface area contributed by atoms with Crippen LogP contribution in [0, 0.1) is 5.41 Å². The summed E-state index contributed by atoms with van der Waals surface area (Å²) in [5, 5.41) is 0. The third-order valence-electron chi connectivity index (χ3n) is 3.79. The summed E-state index contributed by atoms with van der Waals surface area (Å²) in [5.41, 5.74) is -0.676. The van der Waals surface area contributed by atoms with E-state index in [1.807, 2.05) is 0 Å². The first-order valence-corrected chi connectivity index (χ1v) is 10.2. The zero-order chi connectivity index (χ0) is 22.0. The Bertz CT molecular complexity index is 689. The molecule has 0 aliphatic rings. The number of carbonyl (C=O) groups excluding carboxylic acids is 3. The summed E-state index contributed by atoms with van der Waals surface area (Å²) in [4.78, 5) is 35.6. The summed E-state index contributed by atoms with van der Waals surface area (Å²) >= 11 is 0. The molecule has 0 rings (SSSR count). The SMILES string of the molecule is C=C(C)C(=O)OCC(CC)(COC(=O)C(=C)C)CC(=O)OCCCS(=O)(=O)O.[H-].[K+]. The van der Waals surface area contributed by atoms with Gasteiger partial charge in [-0.3, -0.25) is 9.35 Å². The molecule has 0 saturated carbocycles. The van der Waals surface area contributed by atoms with Crippen LogP contribution in [0.3, 0.4) is 0 Å². The number of carbonyl (C=O) groups is 3. The number of hydrogen-bond acceptors (Lipinski definition) is 8. The van der Waals surface area contributed by atoms with Crippen LogP contribution in [0.5, 0.6) is 0 Å². The van der Waals surface area contributed by atoms with Gasteiger partial charge < -0.3 is 15.6 Å². The molecule has 0 aromatic rings. The Kier molecular flexibility index (Phi) is 15.3. The number of ether oxygens (including phenoxy) is 3. The van der Waals surface area contributed by atoms with Crippen molar-refractivity contribution in [1.82, 2.24) is 0 Å². The van der Waals surface area contributed by atoms with Crippen molar-refractivity contribution in [3.63, 3.8) is 0 Å². The maximum atomic E-state index is 12.1. The van der Waals surface area contributed by atoms with Crippen LogP contribution in [-0.2, 0) is 38.7 Å². The van der Waals surface area contributed by atoms with Crippen LogP contribution in [0.4, 0.5) is 0 Å². The molecule has 0 aromatic carbocycles. The van der Waals surface area contributed by atoms with E-state index in [-0.39, 0.29) is 96.6 Å². The molecule has 0 aliphatic carbocycles. The summed E-state index contributed by atoms with van der Waals surface area (Å²) in [6, 6.07) is 0. The summed E-state index contributed by atoms with van der Waals surface area (Å²) in [7, 11) is -4.14. The van der Waals surface area contributed by atoms with Gasteiger partial charge in [-0.1, -0.05) is 20.1 Å². The third-order valence-corrected chi connectivity index (χ3v) is 4.60. The van der Waals surface area contributed by atoms with Crippen molar-refractivity contribution < 1.29 is 94.4 Å². The minimum absolute atomic E-state index is 0. The molecule has 29 heavy (non-hydrogen) atoms. The maximum Gasteiger partial charge on any atom is 1.00 e. The smallest absolute Gasteiger partial charge is 1.00 e. The van der Waals surface area contributed by atoms with Gasteiger partial charge in [0, 0.05) is 16.6 Å². The van der Waals surface area contributed by atoms with Crippen molar-refractivity contribution in [2.75, 3.05) is 25.6 Å². The third kappa shape index (κ3) is 14.1. The van der Waals surface area contributed by atoms with Gasteiger partial charge in [0.2, 0.25) is 0 Å². The Hall–Kier alpha value is -0.564. The van der Waals surface area contributed by atoms with Crippen molar-refractivity contribution >= 4 is 28.0 Å². The standard InChI is InChI=1S/C18H28O9S.K.H/c1-6-18(11-26-16(20)13(2)3,12-27-17(21)14(4)5)10-15(19)25-8-7-9-28(22,23)24;;/h2,4,6-12H2,1,3,5H3,(H,22,23,24);;/q;+1;-1. The zero-order valence-electron chi connectivity index (χ0n) is 18.5. The van der Waals surface area contributed by atoms with E-state index in [4.69, 9.17) is 18.8 Å². The Morgan fingerprint density at radius 2 is 1.45 bits per heavy atom. The fraction of sp³-hybridized carbons (Fsp3) is 0.611. The average molecular weight is 461 g/mol. The molecule has 162 valence electrons. The van der Waals surface area contributed by atoms with Gasteiger partial charge in [-0.25, -0.2) is 9.59 Å². The van der Waals surface area contributed by atoms with E-state index in [0.29, 0.717) is 6.42 Å². The van der Waals surface area contributed by atoms with Crippen molar-refractivity contribution in [1.29, 1.82) is 0 Å². The fourth-order valence-corrected chi connectivity index (χ4v) is 2.42. The molecule has 0 unspecified atom stereocenters. The van der Waals surface area contributed by atoms with Crippen molar-refractivity contribution in [3.8, 4) is 0 Å². The molecule has 0 saturated heterocycles. The van der Waals surface area contributed by atoms with Crippen LogP contribution in [-0.4, -0.2) is 56.5 Å². The van der Waals surface area contributed by atoms with Gasteiger partial charge in [0.15, 0.2) is 0 Å². The van der Waals surface area contributed by atoms with Crippen LogP contribution in [0.2, 0.25) is 0 Å². The minimum Gasteiger partial charge on any atom is -1.00 e. The van der Waals surface area contributed by atoms with Crippen LogP contribution < -0.4 is 51.4 Å². The second kappa shape index (κ2) is 14.4. The van der Waals surface area contributed by atoms with Gasteiger partial charge >= 0.3 is 69.3 Å². The van der Waals surface area contributed by atoms with Gasteiger partial charge in [-0.05, 0) is 26.7 Å². The van der Waals surface area contributed by atoms with E-state index in [2.05, 4.69) is 13.2 Å². The quantitative estimate of drug-likeness (QED) is 0.0912. The molecule has 11 heteroatoms. The Morgan fingerprint density at radius 3 is 1.79 bits per heavy atom. The molecule has 0 heterocycles. The molecular weight excluding hydrogens is 431 g/mol. The molecule has 0 aliphatic heterocycles. The van der Waals surface area contributed by atoms with E-state index < -0.39 is 39.2 Å². The number of rotatable bonds is 13. The normalized spacial score (nSPS) is 11.0. The van der Waals surface area contributed by atoms with Gasteiger partial charge in [0.1, 0.15) is 13.2 Å². The molecule has 0 atom stereocenters. The molecule has 0 amide bonds. The zero-order valence-corrected chi connectivity index (χ0v) is 21.4. The van der Waals surface area contributed by atoms with Crippen LogP contribution >= 0.6 is 0 Å². The Balaban J connectivity index is -0.00000364. The van der Waals surface area contributed by atoms with Gasteiger partial charge in [-0.2, -0.15) is 8.42 Å². The second-order valence-electron chi connectivity index (χ2n) is 6.60. The van der Waals surface area contributed by atoms with Gasteiger partial charge in [0.05, 0.1) is 18.8 Å². The molecular formula is C18H29KO9S. The first-order valence-electron chi connectivity index (χ1n) is 8.58. The fourth-order valence-electron chi connectivity index (χ4n) is 1.94. The number of hydrogen-bond donors (Lipinski definition) is 1. The Morgan fingerprint density at radius 1 is 1.00 bits per heavy atom. The molecule has 1 N–H and O–H groups in total. The Labute approximate surface area is 215 Å². The van der Waals surface area contributed by atoms with Crippen molar-refractivity contribution in [3.05, 3.63) is 24.3 Å². The first kappa shape index (κ1) is 30.6. The minimum atomic E-state index is -4.14. The predicted molar refractivity (Wildman–Crippen MR) is 102 cm³/mol. The van der Waals surface area contributed by atoms with E-state index in [0.717, 1.165) is 0 Å². The van der Waals surface area contributed by atoms with E-state index in [1.54, 1.807) is 6.92 Å². The monoisotopic (exact) mass is 460 g/mol. The largest absolute Gasteiger partial charge is 1.00 e. The molecule has 0 radical (unpaired) electrons. The van der Waals surface area contributed by atoms with E-state index in [1.165, 1.54) is 13.8 Å². The first-order chi connectivity index (χ1) is 12.8. The van der Waals surface area contributed by atoms with Crippen molar-refractivity contribution in [2.45, 2.75) is 40.0 Å². The van der Waals surface area contributed by atoms with Gasteiger partial charge in [0.25, 0.3) is 10.1 Å². The second-order valence-corrected chi connectivity index (χ2v) is 8.18. The summed E-state index contributed by atoms with van der Waals surface area (Å²) < 4.78 is 45.3. The average Bonchev–Trinajstić information content (AvgIpc) is 2.59. The maximum absolute atomic E-state index is 12.1. The van der Waals surface area contributed by atoms with Crippen LogP contribution in [0.15, 0.2) is 24.3 Å². The topological polar surface area (TPSA) is 133 Å². The summed E-state index contributed by atoms with van der Waals surface area (Å²) in [6.07, 6.45) is 0.0152. The molecule has 0 aromatic heterocycles. The van der Waals surface area contributed by atoms with Crippen molar-refractivity contribution in [2.24, 2.45) is 5.41 Å². The van der Waals surface area contributed by atoms with Crippen LogP contribution in [0.25, 0.3) is 0 Å².